The monoisotopic (exact) mass is 411 g/mol. The van der Waals surface area contributed by atoms with E-state index in [1.807, 2.05) is 36.4 Å². The summed E-state index contributed by atoms with van der Waals surface area (Å²) >= 11 is 5.95. The Morgan fingerprint density at radius 2 is 1.93 bits per heavy atom. The third kappa shape index (κ3) is 5.77. The molecule has 0 amide bonds. The minimum atomic E-state index is -0.983. The van der Waals surface area contributed by atoms with Gasteiger partial charge in [-0.25, -0.2) is 4.79 Å². The van der Waals surface area contributed by atoms with Gasteiger partial charge in [0.15, 0.2) is 0 Å². The van der Waals surface area contributed by atoms with Crippen molar-refractivity contribution in [1.29, 1.82) is 0 Å². The molecule has 0 aliphatic carbocycles. The van der Waals surface area contributed by atoms with E-state index in [9.17, 15) is 15.0 Å². The number of aliphatic hydroxyl groups is 1. The number of pyridine rings is 1. The van der Waals surface area contributed by atoms with E-state index >= 15 is 0 Å². The normalized spacial score (nSPS) is 11.8. The molecule has 0 radical (unpaired) electrons. The molecule has 6 nitrogen and oxygen atoms in total. The van der Waals surface area contributed by atoms with Crippen molar-refractivity contribution in [3.8, 4) is 11.1 Å². The number of halogens is 1. The summed E-state index contributed by atoms with van der Waals surface area (Å²) in [6, 6.07) is 16.2. The van der Waals surface area contributed by atoms with Gasteiger partial charge in [-0.3, -0.25) is 4.98 Å². The van der Waals surface area contributed by atoms with Crippen LogP contribution in [-0.4, -0.2) is 40.8 Å². The van der Waals surface area contributed by atoms with Gasteiger partial charge in [-0.1, -0.05) is 35.9 Å². The Morgan fingerprint density at radius 1 is 1.10 bits per heavy atom. The molecule has 0 aliphatic rings. The predicted octanol–water partition coefficient (Wildman–Crippen LogP) is 3.84. The van der Waals surface area contributed by atoms with Gasteiger partial charge in [-0.05, 0) is 41.5 Å². The Morgan fingerprint density at radius 3 is 2.72 bits per heavy atom. The summed E-state index contributed by atoms with van der Waals surface area (Å²) in [7, 11) is 0. The molecule has 150 valence electrons. The van der Waals surface area contributed by atoms with Crippen molar-refractivity contribution < 1.29 is 15.0 Å². The maximum atomic E-state index is 11.4. The van der Waals surface area contributed by atoms with E-state index in [-0.39, 0.29) is 5.56 Å². The highest BCUT2D eigenvalue weighted by atomic mass is 35.5. The minimum absolute atomic E-state index is 0.216. The number of aliphatic hydroxyl groups excluding tert-OH is 1. The van der Waals surface area contributed by atoms with Gasteiger partial charge in [0.25, 0.3) is 0 Å². The quantitative estimate of drug-likeness (QED) is 0.400. The van der Waals surface area contributed by atoms with Gasteiger partial charge < -0.3 is 20.8 Å². The summed E-state index contributed by atoms with van der Waals surface area (Å²) in [5.74, 6) is -0.983. The molecule has 29 heavy (non-hydrogen) atoms. The number of aromatic nitrogens is 1. The molecule has 0 saturated heterocycles. The van der Waals surface area contributed by atoms with Crippen LogP contribution in [-0.2, 0) is 0 Å². The number of carboxylic acids is 1. The molecule has 7 heteroatoms. The largest absolute Gasteiger partial charge is 0.478 e. The number of rotatable bonds is 9. The van der Waals surface area contributed by atoms with E-state index in [1.165, 1.54) is 12.3 Å². The van der Waals surface area contributed by atoms with Gasteiger partial charge >= 0.3 is 5.97 Å². The van der Waals surface area contributed by atoms with Crippen molar-refractivity contribution in [1.82, 2.24) is 10.3 Å². The van der Waals surface area contributed by atoms with Crippen LogP contribution in [0.5, 0.6) is 0 Å². The van der Waals surface area contributed by atoms with Crippen LogP contribution in [0.4, 0.5) is 5.69 Å². The summed E-state index contributed by atoms with van der Waals surface area (Å²) in [4.78, 5) is 15.5. The summed E-state index contributed by atoms with van der Waals surface area (Å²) < 4.78 is 0. The number of anilines is 1. The van der Waals surface area contributed by atoms with Crippen molar-refractivity contribution >= 4 is 23.3 Å². The molecule has 0 unspecified atom stereocenters. The highest BCUT2D eigenvalue weighted by molar-refractivity contribution is 6.30. The van der Waals surface area contributed by atoms with Crippen LogP contribution in [0.2, 0.25) is 5.02 Å². The van der Waals surface area contributed by atoms with Crippen LogP contribution in [0.3, 0.4) is 0 Å². The number of carboxylic acid groups (broad SMARTS) is 1. The zero-order valence-corrected chi connectivity index (χ0v) is 16.4. The van der Waals surface area contributed by atoms with Gasteiger partial charge in [-0.2, -0.15) is 0 Å². The number of nitrogens with one attached hydrogen (secondary N) is 2. The van der Waals surface area contributed by atoms with Crippen LogP contribution in [0.15, 0.2) is 67.0 Å². The van der Waals surface area contributed by atoms with Crippen molar-refractivity contribution in [2.45, 2.75) is 6.10 Å². The molecule has 0 fully saturated rings. The fourth-order valence-electron chi connectivity index (χ4n) is 2.97. The summed E-state index contributed by atoms with van der Waals surface area (Å²) in [6.07, 6.45) is 2.40. The molecule has 2 aromatic carbocycles. The second-order valence-electron chi connectivity index (χ2n) is 6.51. The number of nitrogens with zero attached hydrogens (tertiary/aromatic N) is 1. The molecule has 0 spiro atoms. The van der Waals surface area contributed by atoms with Crippen molar-refractivity contribution in [3.05, 3.63) is 83.1 Å². The Bertz CT molecular complexity index is 981. The Hall–Kier alpha value is -2.93. The third-order valence-electron chi connectivity index (χ3n) is 4.43. The highest BCUT2D eigenvalue weighted by Crippen LogP contribution is 2.25. The van der Waals surface area contributed by atoms with E-state index in [0.29, 0.717) is 30.2 Å². The minimum Gasteiger partial charge on any atom is -0.478 e. The van der Waals surface area contributed by atoms with E-state index < -0.39 is 12.1 Å². The number of aromatic carboxylic acids is 1. The fourth-order valence-corrected chi connectivity index (χ4v) is 3.17. The molecule has 1 atom stereocenters. The second kappa shape index (κ2) is 10.0. The molecule has 0 aliphatic heterocycles. The molecular weight excluding hydrogens is 390 g/mol. The first-order chi connectivity index (χ1) is 14.0. The average molecular weight is 412 g/mol. The van der Waals surface area contributed by atoms with E-state index in [4.69, 9.17) is 11.6 Å². The number of benzene rings is 2. The lowest BCUT2D eigenvalue weighted by molar-refractivity contribution is 0.0697. The van der Waals surface area contributed by atoms with Crippen molar-refractivity contribution in [2.75, 3.05) is 25.0 Å². The maximum absolute atomic E-state index is 11.4. The lowest BCUT2D eigenvalue weighted by Crippen LogP contribution is -2.26. The third-order valence-corrected chi connectivity index (χ3v) is 4.66. The molecule has 0 saturated carbocycles. The number of hydrogen-bond acceptors (Lipinski definition) is 5. The molecule has 3 aromatic rings. The van der Waals surface area contributed by atoms with Crippen LogP contribution in [0.1, 0.15) is 22.0 Å². The van der Waals surface area contributed by atoms with Gasteiger partial charge in [0.1, 0.15) is 0 Å². The standard InChI is InChI=1S/C22H22ClN3O3/c23-17-5-1-4-16(11-17)21(27)14-25-9-10-26-18-6-2-3-15(12-18)20-13-24-8-7-19(20)22(28)29/h1-8,11-13,21,25-27H,9-10,14H2,(H,28,29)/t21-/m1/s1. The van der Waals surface area contributed by atoms with E-state index in [1.54, 1.807) is 18.3 Å². The second-order valence-corrected chi connectivity index (χ2v) is 6.95. The summed E-state index contributed by atoms with van der Waals surface area (Å²) in [5.41, 5.74) is 3.22. The first-order valence-corrected chi connectivity index (χ1v) is 9.58. The van der Waals surface area contributed by atoms with Crippen molar-refractivity contribution in [3.63, 3.8) is 0 Å². The summed E-state index contributed by atoms with van der Waals surface area (Å²) in [5, 5.41) is 26.7. The van der Waals surface area contributed by atoms with Gasteiger partial charge in [0.2, 0.25) is 0 Å². The predicted molar refractivity (Wildman–Crippen MR) is 114 cm³/mol. The lowest BCUT2D eigenvalue weighted by atomic mass is 10.0. The van der Waals surface area contributed by atoms with Crippen LogP contribution in [0.25, 0.3) is 11.1 Å². The lowest BCUT2D eigenvalue weighted by Gasteiger charge is -2.14. The fraction of sp³-hybridized carbons (Fsp3) is 0.182. The molecule has 1 heterocycles. The zero-order valence-electron chi connectivity index (χ0n) is 15.7. The molecule has 4 N–H and O–H groups in total. The van der Waals surface area contributed by atoms with Crippen LogP contribution in [0, 0.1) is 0 Å². The van der Waals surface area contributed by atoms with Gasteiger partial charge in [0, 0.05) is 48.3 Å². The van der Waals surface area contributed by atoms with Gasteiger partial charge in [0.05, 0.1) is 11.7 Å². The smallest absolute Gasteiger partial charge is 0.336 e. The summed E-state index contributed by atoms with van der Waals surface area (Å²) in [6.45, 7) is 1.71. The average Bonchev–Trinajstić information content (AvgIpc) is 2.73. The highest BCUT2D eigenvalue weighted by Gasteiger charge is 2.12. The Kier molecular flexibility index (Phi) is 7.19. The van der Waals surface area contributed by atoms with Crippen LogP contribution >= 0.6 is 11.6 Å². The Balaban J connectivity index is 1.52. The first-order valence-electron chi connectivity index (χ1n) is 9.20. The number of hydrogen-bond donors (Lipinski definition) is 4. The first kappa shape index (κ1) is 20.8. The molecule has 0 bridgehead atoms. The number of carbonyl (C=O) groups is 1. The molecular formula is C22H22ClN3O3. The maximum Gasteiger partial charge on any atom is 0.336 e. The molecule has 3 rings (SSSR count). The topological polar surface area (TPSA) is 94.5 Å². The Labute approximate surface area is 174 Å². The molecule has 1 aromatic heterocycles. The van der Waals surface area contributed by atoms with Gasteiger partial charge in [-0.15, -0.1) is 0 Å². The van der Waals surface area contributed by atoms with Crippen molar-refractivity contribution in [2.24, 2.45) is 0 Å². The van der Waals surface area contributed by atoms with E-state index in [0.717, 1.165) is 16.8 Å². The van der Waals surface area contributed by atoms with Crippen LogP contribution < -0.4 is 10.6 Å². The SMILES string of the molecule is O=C(O)c1ccncc1-c1cccc(NCCNC[C@@H](O)c2cccc(Cl)c2)c1. The zero-order chi connectivity index (χ0) is 20.6. The van der Waals surface area contributed by atoms with E-state index in [2.05, 4.69) is 15.6 Å².